The topological polar surface area (TPSA) is 92.8 Å². The molecule has 0 aliphatic carbocycles. The van der Waals surface area contributed by atoms with Crippen molar-refractivity contribution in [2.45, 2.75) is 6.92 Å². The van der Waals surface area contributed by atoms with E-state index >= 15 is 0 Å². The van der Waals surface area contributed by atoms with Crippen molar-refractivity contribution >= 4 is 74.1 Å². The molecule has 2 aromatic carbocycles. The fourth-order valence-electron chi connectivity index (χ4n) is 2.66. The number of ether oxygens (including phenoxy) is 1. The van der Waals surface area contributed by atoms with E-state index in [0.29, 0.717) is 0 Å². The van der Waals surface area contributed by atoms with Crippen LogP contribution in [0, 0.1) is 0 Å². The zero-order valence-electron chi connectivity index (χ0n) is 16.2. The summed E-state index contributed by atoms with van der Waals surface area (Å²) < 4.78 is 5.82. The molecule has 3 rings (SSSR count). The Kier molecular flexibility index (Phi) is 7.53. The van der Waals surface area contributed by atoms with Crippen LogP contribution in [0.15, 0.2) is 51.8 Å². The number of carbonyl (C=O) groups is 4. The average Bonchev–Trinajstić information content (AvgIpc) is 2.98. The minimum Gasteiger partial charge on any atom is -0.462 e. The number of thioether (sulfide) groups is 1. The number of imide groups is 1. The Hall–Kier alpha value is -2.62. The summed E-state index contributed by atoms with van der Waals surface area (Å²) in [5.74, 6) is -1.76. The second kappa shape index (κ2) is 10.1. The highest BCUT2D eigenvalue weighted by Gasteiger charge is 2.36. The van der Waals surface area contributed by atoms with Crippen molar-refractivity contribution in [1.29, 1.82) is 0 Å². The molecule has 7 nitrogen and oxygen atoms in total. The van der Waals surface area contributed by atoms with Gasteiger partial charge in [0.1, 0.15) is 6.54 Å². The van der Waals surface area contributed by atoms with Gasteiger partial charge in [0.25, 0.3) is 11.1 Å². The summed E-state index contributed by atoms with van der Waals surface area (Å²) in [6.07, 6.45) is 1.60. The van der Waals surface area contributed by atoms with Crippen molar-refractivity contribution in [1.82, 2.24) is 4.90 Å². The summed E-state index contributed by atoms with van der Waals surface area (Å²) in [4.78, 5) is 50.3. The lowest BCUT2D eigenvalue weighted by Crippen LogP contribution is -2.36. The first kappa shape index (κ1) is 23.1. The van der Waals surface area contributed by atoms with E-state index in [2.05, 4.69) is 21.2 Å². The average molecular weight is 524 g/mol. The molecule has 10 heteroatoms. The third-order valence-electron chi connectivity index (χ3n) is 4.09. The zero-order chi connectivity index (χ0) is 22.5. The van der Waals surface area contributed by atoms with Crippen LogP contribution in [0.2, 0.25) is 5.02 Å². The molecule has 0 aromatic heterocycles. The van der Waals surface area contributed by atoms with Crippen molar-refractivity contribution in [3.63, 3.8) is 0 Å². The third-order valence-corrected chi connectivity index (χ3v) is 5.85. The normalized spacial score (nSPS) is 14.8. The molecule has 160 valence electrons. The second-order valence-electron chi connectivity index (χ2n) is 6.28. The smallest absolute Gasteiger partial charge is 0.339 e. The van der Waals surface area contributed by atoms with Crippen molar-refractivity contribution < 1.29 is 23.9 Å². The molecule has 3 amide bonds. The molecule has 0 saturated carbocycles. The van der Waals surface area contributed by atoms with Crippen molar-refractivity contribution in [3.8, 4) is 0 Å². The van der Waals surface area contributed by atoms with Gasteiger partial charge in [0.05, 0.1) is 22.1 Å². The largest absolute Gasteiger partial charge is 0.462 e. The van der Waals surface area contributed by atoms with Crippen LogP contribution in [-0.2, 0) is 14.3 Å². The summed E-state index contributed by atoms with van der Waals surface area (Å²) >= 11 is 10.1. The summed E-state index contributed by atoms with van der Waals surface area (Å²) in [5.41, 5.74) is 1.14. The first-order chi connectivity index (χ1) is 14.8. The first-order valence-corrected chi connectivity index (χ1v) is 11.0. The molecule has 0 unspecified atom stereocenters. The van der Waals surface area contributed by atoms with E-state index in [4.69, 9.17) is 16.3 Å². The number of nitrogens with one attached hydrogen (secondary N) is 1. The Morgan fingerprint density at radius 1 is 1.19 bits per heavy atom. The highest BCUT2D eigenvalue weighted by molar-refractivity contribution is 9.10. The Morgan fingerprint density at radius 2 is 1.90 bits per heavy atom. The van der Waals surface area contributed by atoms with Crippen LogP contribution in [0.5, 0.6) is 0 Å². The Bertz CT molecular complexity index is 1090. The predicted molar refractivity (Wildman–Crippen MR) is 123 cm³/mol. The zero-order valence-corrected chi connectivity index (χ0v) is 19.3. The van der Waals surface area contributed by atoms with E-state index in [9.17, 15) is 19.2 Å². The number of anilines is 1. The number of amides is 3. The Balaban J connectivity index is 1.68. The first-order valence-electron chi connectivity index (χ1n) is 9.06. The maximum atomic E-state index is 12.6. The summed E-state index contributed by atoms with van der Waals surface area (Å²) in [6.45, 7) is 1.39. The molecule has 1 aliphatic heterocycles. The van der Waals surface area contributed by atoms with Gasteiger partial charge in [-0.05, 0) is 60.7 Å². The molecular formula is C21H16BrClN2O5S. The highest BCUT2D eigenvalue weighted by Crippen LogP contribution is 2.32. The van der Waals surface area contributed by atoms with Crippen LogP contribution < -0.4 is 5.32 Å². The van der Waals surface area contributed by atoms with E-state index in [1.54, 1.807) is 25.1 Å². The van der Waals surface area contributed by atoms with E-state index in [0.717, 1.165) is 26.7 Å². The van der Waals surface area contributed by atoms with Crippen LogP contribution in [0.4, 0.5) is 10.5 Å². The van der Waals surface area contributed by atoms with Gasteiger partial charge in [0.2, 0.25) is 5.91 Å². The molecule has 0 spiro atoms. The molecule has 2 aromatic rings. The van der Waals surface area contributed by atoms with Crippen molar-refractivity contribution in [2.75, 3.05) is 18.5 Å². The minimum atomic E-state index is -0.618. The Labute approximate surface area is 195 Å². The number of esters is 1. The van der Waals surface area contributed by atoms with Gasteiger partial charge in [-0.1, -0.05) is 39.7 Å². The van der Waals surface area contributed by atoms with Gasteiger partial charge in [-0.15, -0.1) is 0 Å². The van der Waals surface area contributed by atoms with Gasteiger partial charge < -0.3 is 10.1 Å². The maximum absolute atomic E-state index is 12.6. The molecule has 0 bridgehead atoms. The maximum Gasteiger partial charge on any atom is 0.339 e. The minimum absolute atomic E-state index is 0.102. The van der Waals surface area contributed by atoms with Gasteiger partial charge in [-0.2, -0.15) is 0 Å². The van der Waals surface area contributed by atoms with Gasteiger partial charge in [-0.25, -0.2) is 4.79 Å². The highest BCUT2D eigenvalue weighted by atomic mass is 79.9. The van der Waals surface area contributed by atoms with E-state index in [-0.39, 0.29) is 27.8 Å². The predicted octanol–water partition coefficient (Wildman–Crippen LogP) is 4.95. The van der Waals surface area contributed by atoms with Crippen LogP contribution in [0.1, 0.15) is 22.8 Å². The second-order valence-corrected chi connectivity index (χ2v) is 8.60. The quantitative estimate of drug-likeness (QED) is 0.425. The lowest BCUT2D eigenvalue weighted by Gasteiger charge is -2.13. The van der Waals surface area contributed by atoms with Crippen molar-refractivity contribution in [3.05, 3.63) is 68.0 Å². The molecule has 0 atom stereocenters. The molecular weight excluding hydrogens is 508 g/mol. The third kappa shape index (κ3) is 5.75. The number of halogens is 2. The molecule has 1 aliphatic rings. The van der Waals surface area contributed by atoms with Crippen molar-refractivity contribution in [2.24, 2.45) is 0 Å². The van der Waals surface area contributed by atoms with E-state index < -0.39 is 29.6 Å². The van der Waals surface area contributed by atoms with Crippen LogP contribution in [-0.4, -0.2) is 41.1 Å². The van der Waals surface area contributed by atoms with Gasteiger partial charge >= 0.3 is 5.97 Å². The monoisotopic (exact) mass is 522 g/mol. The van der Waals surface area contributed by atoms with Crippen LogP contribution >= 0.6 is 39.3 Å². The summed E-state index contributed by atoms with van der Waals surface area (Å²) in [6, 6.07) is 11.6. The number of hydrogen-bond donors (Lipinski definition) is 1. The number of benzene rings is 2. The van der Waals surface area contributed by atoms with Gasteiger partial charge in [-0.3, -0.25) is 19.3 Å². The van der Waals surface area contributed by atoms with Gasteiger partial charge in [0.15, 0.2) is 0 Å². The van der Waals surface area contributed by atoms with E-state index in [1.165, 1.54) is 18.2 Å². The molecule has 1 N–H and O–H groups in total. The fourth-order valence-corrected chi connectivity index (χ4v) is 3.96. The molecule has 0 radical (unpaired) electrons. The summed E-state index contributed by atoms with van der Waals surface area (Å²) in [5, 5.41) is 2.21. The van der Waals surface area contributed by atoms with E-state index in [1.807, 2.05) is 12.1 Å². The fraction of sp³-hybridized carbons (Fsp3) is 0.143. The SMILES string of the molecule is CCOC(=O)c1cc(NC(=O)CN2C(=O)S/C(=C/c3ccc(Br)cc3)C2=O)ccc1Cl. The van der Waals surface area contributed by atoms with Crippen LogP contribution in [0.3, 0.4) is 0 Å². The molecule has 1 fully saturated rings. The Morgan fingerprint density at radius 3 is 2.58 bits per heavy atom. The summed E-state index contributed by atoms with van der Waals surface area (Å²) in [7, 11) is 0. The van der Waals surface area contributed by atoms with Gasteiger partial charge in [0, 0.05) is 10.2 Å². The lowest BCUT2D eigenvalue weighted by molar-refractivity contribution is -0.127. The lowest BCUT2D eigenvalue weighted by atomic mass is 10.2. The molecule has 31 heavy (non-hydrogen) atoms. The van der Waals surface area contributed by atoms with Crippen LogP contribution in [0.25, 0.3) is 6.08 Å². The number of nitrogens with zero attached hydrogens (tertiary/aromatic N) is 1. The molecule has 1 saturated heterocycles. The molecule has 1 heterocycles. The number of hydrogen-bond acceptors (Lipinski definition) is 6. The number of carbonyl (C=O) groups excluding carboxylic acids is 4. The number of rotatable bonds is 6. The standard InChI is InChI=1S/C21H16BrClN2O5S/c1-2-30-20(28)15-10-14(7-8-16(15)23)24-18(26)11-25-19(27)17(31-21(25)29)9-12-3-5-13(22)6-4-12/h3-10H,2,11H2,1H3,(H,24,26)/b17-9+.